The average molecular weight is 298 g/mol. The van der Waals surface area contributed by atoms with Gasteiger partial charge in [0.2, 0.25) is 0 Å². The maximum absolute atomic E-state index is 12.2. The monoisotopic (exact) mass is 298 g/mol. The second-order valence-electron chi connectivity index (χ2n) is 5.55. The largest absolute Gasteiger partial charge is 0.481 e. The molecule has 1 N–H and O–H groups in total. The van der Waals surface area contributed by atoms with Crippen molar-refractivity contribution in [1.29, 1.82) is 0 Å². The number of carboxylic acid groups (broad SMARTS) is 1. The molecule has 2 rings (SSSR count). The molecule has 0 saturated heterocycles. The van der Waals surface area contributed by atoms with Gasteiger partial charge in [-0.25, -0.2) is 9.97 Å². The van der Waals surface area contributed by atoms with Crippen molar-refractivity contribution in [2.24, 2.45) is 0 Å². The minimum absolute atomic E-state index is 0.316. The van der Waals surface area contributed by atoms with E-state index in [0.29, 0.717) is 18.7 Å². The first-order valence-electron chi connectivity index (χ1n) is 7.74. The zero-order valence-electron chi connectivity index (χ0n) is 12.9. The van der Waals surface area contributed by atoms with Crippen LogP contribution in [0.25, 0.3) is 0 Å². The van der Waals surface area contributed by atoms with Gasteiger partial charge in [0.25, 0.3) is 0 Å². The number of hydrogen-bond acceptors (Lipinski definition) is 3. The third-order valence-electron chi connectivity index (χ3n) is 4.02. The number of unbranched alkanes of at least 4 members (excludes halogenated alkanes) is 2. The minimum atomic E-state index is -0.961. The van der Waals surface area contributed by atoms with E-state index in [1.54, 1.807) is 18.5 Å². The molecule has 116 valence electrons. The van der Waals surface area contributed by atoms with Crippen molar-refractivity contribution in [1.82, 2.24) is 9.97 Å². The maximum Gasteiger partial charge on any atom is 0.314 e. The second kappa shape index (κ2) is 7.69. The molecule has 1 atom stereocenters. The van der Waals surface area contributed by atoms with Gasteiger partial charge in [-0.2, -0.15) is 0 Å². The van der Waals surface area contributed by atoms with E-state index in [2.05, 4.69) is 16.9 Å². The number of nitrogens with zero attached hydrogens (tertiary/aromatic N) is 2. The summed E-state index contributed by atoms with van der Waals surface area (Å²) in [7, 11) is 0. The number of rotatable bonds is 8. The molecule has 0 saturated carbocycles. The normalized spacial score (nSPS) is 13.5. The number of aliphatic carboxylic acids is 1. The highest BCUT2D eigenvalue weighted by Gasteiger charge is 2.40. The summed E-state index contributed by atoms with van der Waals surface area (Å²) < 4.78 is 0. The first kappa shape index (κ1) is 16.1. The molecule has 0 bridgehead atoms. The Balaban J connectivity index is 2.38. The lowest BCUT2D eigenvalue weighted by atomic mass is 9.73. The third kappa shape index (κ3) is 3.70. The van der Waals surface area contributed by atoms with Gasteiger partial charge in [0, 0.05) is 18.8 Å². The number of carboxylic acids is 1. The average Bonchev–Trinajstić information content (AvgIpc) is 2.55. The summed E-state index contributed by atoms with van der Waals surface area (Å²) in [6.07, 6.45) is 7.20. The van der Waals surface area contributed by atoms with Gasteiger partial charge in [-0.1, -0.05) is 56.5 Å². The van der Waals surface area contributed by atoms with Crippen molar-refractivity contribution in [2.45, 2.75) is 44.4 Å². The molecular formula is C18H22N2O2. The van der Waals surface area contributed by atoms with Crippen molar-refractivity contribution in [3.63, 3.8) is 0 Å². The van der Waals surface area contributed by atoms with Crippen LogP contribution >= 0.6 is 0 Å². The van der Waals surface area contributed by atoms with Gasteiger partial charge in [-0.3, -0.25) is 4.79 Å². The van der Waals surface area contributed by atoms with Gasteiger partial charge in [0.05, 0.1) is 5.41 Å². The topological polar surface area (TPSA) is 63.1 Å². The Morgan fingerprint density at radius 1 is 1.09 bits per heavy atom. The minimum Gasteiger partial charge on any atom is -0.481 e. The van der Waals surface area contributed by atoms with E-state index in [9.17, 15) is 9.90 Å². The van der Waals surface area contributed by atoms with Crippen molar-refractivity contribution in [2.75, 3.05) is 0 Å². The van der Waals surface area contributed by atoms with Crippen LogP contribution in [0.15, 0.2) is 48.8 Å². The highest BCUT2D eigenvalue weighted by Crippen LogP contribution is 2.33. The predicted molar refractivity (Wildman–Crippen MR) is 85.6 cm³/mol. The van der Waals surface area contributed by atoms with Crippen LogP contribution in [0.2, 0.25) is 0 Å². The Morgan fingerprint density at radius 2 is 1.77 bits per heavy atom. The van der Waals surface area contributed by atoms with Gasteiger partial charge in [0.1, 0.15) is 5.82 Å². The molecule has 0 radical (unpaired) electrons. The second-order valence-corrected chi connectivity index (χ2v) is 5.55. The molecule has 4 heteroatoms. The van der Waals surface area contributed by atoms with E-state index in [1.165, 1.54) is 0 Å². The summed E-state index contributed by atoms with van der Waals surface area (Å²) in [5.41, 5.74) is -0.135. The van der Waals surface area contributed by atoms with Crippen LogP contribution in [0, 0.1) is 0 Å². The molecule has 0 spiro atoms. The molecule has 1 aromatic carbocycles. The molecule has 4 nitrogen and oxygen atoms in total. The molecule has 0 fully saturated rings. The fraction of sp³-hybridized carbons (Fsp3) is 0.389. The van der Waals surface area contributed by atoms with E-state index in [4.69, 9.17) is 0 Å². The summed E-state index contributed by atoms with van der Waals surface area (Å²) in [6, 6.07) is 11.2. The van der Waals surface area contributed by atoms with Gasteiger partial charge < -0.3 is 5.11 Å². The van der Waals surface area contributed by atoms with E-state index < -0.39 is 11.4 Å². The van der Waals surface area contributed by atoms with Crippen LogP contribution in [0.1, 0.15) is 44.0 Å². The number of hydrogen-bond donors (Lipinski definition) is 1. The van der Waals surface area contributed by atoms with Crippen LogP contribution in [0.3, 0.4) is 0 Å². The molecular weight excluding hydrogens is 276 g/mol. The number of carbonyl (C=O) groups is 1. The first-order valence-corrected chi connectivity index (χ1v) is 7.74. The van der Waals surface area contributed by atoms with Crippen molar-refractivity contribution >= 4 is 5.97 Å². The summed E-state index contributed by atoms with van der Waals surface area (Å²) in [5.74, 6) is -0.229. The van der Waals surface area contributed by atoms with Gasteiger partial charge in [-0.15, -0.1) is 0 Å². The Bertz CT molecular complexity index is 587. The fourth-order valence-electron chi connectivity index (χ4n) is 2.77. The van der Waals surface area contributed by atoms with Crippen molar-refractivity contribution < 1.29 is 9.90 Å². The summed E-state index contributed by atoms with van der Waals surface area (Å²) >= 11 is 0. The Hall–Kier alpha value is -2.23. The molecule has 1 aromatic heterocycles. The fourth-order valence-corrected chi connectivity index (χ4v) is 2.77. The summed E-state index contributed by atoms with van der Waals surface area (Å²) in [4.78, 5) is 20.6. The maximum atomic E-state index is 12.2. The van der Waals surface area contributed by atoms with Crippen LogP contribution < -0.4 is 0 Å². The molecule has 0 aliphatic heterocycles. The van der Waals surface area contributed by atoms with Crippen LogP contribution in [-0.4, -0.2) is 21.0 Å². The van der Waals surface area contributed by atoms with Crippen molar-refractivity contribution in [3.8, 4) is 0 Å². The lowest BCUT2D eigenvalue weighted by Crippen LogP contribution is -2.38. The number of benzene rings is 1. The van der Waals surface area contributed by atoms with Gasteiger partial charge in [-0.05, 0) is 18.1 Å². The van der Waals surface area contributed by atoms with Crippen molar-refractivity contribution in [3.05, 3.63) is 60.2 Å². The lowest BCUT2D eigenvalue weighted by Gasteiger charge is -2.29. The van der Waals surface area contributed by atoms with Crippen LogP contribution in [-0.2, 0) is 16.6 Å². The van der Waals surface area contributed by atoms with E-state index in [-0.39, 0.29) is 0 Å². The quantitative estimate of drug-likeness (QED) is 0.756. The molecule has 22 heavy (non-hydrogen) atoms. The number of aromatic nitrogens is 2. The molecule has 0 aliphatic carbocycles. The van der Waals surface area contributed by atoms with E-state index in [0.717, 1.165) is 24.8 Å². The lowest BCUT2D eigenvalue weighted by molar-refractivity contribution is -0.144. The Kier molecular flexibility index (Phi) is 5.64. The molecule has 0 aliphatic rings. The highest BCUT2D eigenvalue weighted by molar-refractivity contribution is 5.81. The van der Waals surface area contributed by atoms with Gasteiger partial charge >= 0.3 is 5.97 Å². The standard InChI is InChI=1S/C18H22N2O2/c1-2-3-7-11-18(17(21)22,15-9-5-4-6-10-15)14-16-19-12-8-13-20-16/h4-6,8-10,12-13H,2-3,7,11,14H2,1H3,(H,21,22). The molecule has 2 aromatic rings. The van der Waals surface area contributed by atoms with E-state index >= 15 is 0 Å². The smallest absolute Gasteiger partial charge is 0.314 e. The Morgan fingerprint density at radius 3 is 2.36 bits per heavy atom. The molecule has 1 unspecified atom stereocenters. The van der Waals surface area contributed by atoms with Gasteiger partial charge in [0.15, 0.2) is 0 Å². The van der Waals surface area contributed by atoms with Crippen LogP contribution in [0.4, 0.5) is 0 Å². The zero-order valence-corrected chi connectivity index (χ0v) is 12.9. The predicted octanol–water partition coefficient (Wildman–Crippen LogP) is 3.62. The zero-order chi connectivity index (χ0) is 15.8. The highest BCUT2D eigenvalue weighted by atomic mass is 16.4. The van der Waals surface area contributed by atoms with Crippen LogP contribution in [0.5, 0.6) is 0 Å². The Labute approximate surface area is 131 Å². The molecule has 0 amide bonds. The SMILES string of the molecule is CCCCCC(Cc1ncccn1)(C(=O)O)c1ccccc1. The third-order valence-corrected chi connectivity index (χ3v) is 4.02. The molecule has 1 heterocycles. The first-order chi connectivity index (χ1) is 10.7. The summed E-state index contributed by atoms with van der Waals surface area (Å²) in [6.45, 7) is 2.12. The summed E-state index contributed by atoms with van der Waals surface area (Å²) in [5, 5.41) is 9.98. The van der Waals surface area contributed by atoms with E-state index in [1.807, 2.05) is 30.3 Å².